The van der Waals surface area contributed by atoms with Gasteiger partial charge in [0.05, 0.1) is 0 Å². The lowest BCUT2D eigenvalue weighted by atomic mass is 10.00. The monoisotopic (exact) mass is 345 g/mol. The Kier molecular flexibility index (Phi) is 5.16. The molecule has 1 N–H and O–H groups in total. The van der Waals surface area contributed by atoms with E-state index in [-0.39, 0.29) is 4.90 Å². The van der Waals surface area contributed by atoms with E-state index in [2.05, 4.69) is 39.5 Å². The van der Waals surface area contributed by atoms with Crippen LogP contribution in [0.25, 0.3) is 0 Å². The summed E-state index contributed by atoms with van der Waals surface area (Å²) >= 11 is 0. The summed E-state index contributed by atoms with van der Waals surface area (Å²) in [6, 6.07) is 11.8. The fraction of sp³-hybridized carbons (Fsp3) is 0.389. The Morgan fingerprint density at radius 2 is 1.96 bits per heavy atom. The van der Waals surface area contributed by atoms with E-state index in [0.717, 1.165) is 32.5 Å². The highest BCUT2D eigenvalue weighted by Gasteiger charge is 2.16. The molecule has 1 aromatic heterocycles. The molecule has 6 heteroatoms. The summed E-state index contributed by atoms with van der Waals surface area (Å²) in [6.45, 7) is 3.77. The number of nitrogens with one attached hydrogen (secondary N) is 1. The van der Waals surface area contributed by atoms with Gasteiger partial charge in [0, 0.05) is 38.6 Å². The fourth-order valence-corrected chi connectivity index (χ4v) is 3.88. The largest absolute Gasteiger partial charge is 0.369 e. The van der Waals surface area contributed by atoms with Crippen molar-refractivity contribution in [2.75, 3.05) is 31.2 Å². The van der Waals surface area contributed by atoms with Crippen LogP contribution in [0.3, 0.4) is 0 Å². The third kappa shape index (κ3) is 4.13. The molecule has 1 aliphatic heterocycles. The molecule has 24 heavy (non-hydrogen) atoms. The molecular weight excluding hydrogens is 322 g/mol. The smallest absolute Gasteiger partial charge is 0.179 e. The van der Waals surface area contributed by atoms with E-state index in [1.54, 1.807) is 18.3 Å². The summed E-state index contributed by atoms with van der Waals surface area (Å²) in [7, 11) is -3.26. The van der Waals surface area contributed by atoms with Gasteiger partial charge in [-0.1, -0.05) is 24.3 Å². The summed E-state index contributed by atoms with van der Waals surface area (Å²) in [5.74, 6) is 0.448. The van der Waals surface area contributed by atoms with E-state index in [9.17, 15) is 8.42 Å². The summed E-state index contributed by atoms with van der Waals surface area (Å²) in [5, 5.41) is 3.16. The Hall–Kier alpha value is -1.92. The highest BCUT2D eigenvalue weighted by Crippen LogP contribution is 2.19. The molecule has 1 aromatic carbocycles. The molecule has 128 valence electrons. The minimum atomic E-state index is -3.26. The SMILES string of the molecule is CS(=O)(=O)c1cccnc1NCCCN1CCc2ccccc2C1. The number of nitrogens with zero attached hydrogens (tertiary/aromatic N) is 2. The van der Waals surface area contributed by atoms with Gasteiger partial charge in [-0.05, 0) is 36.1 Å². The summed E-state index contributed by atoms with van der Waals surface area (Å²) in [4.78, 5) is 6.86. The molecule has 0 aliphatic carbocycles. The molecule has 0 radical (unpaired) electrons. The maximum atomic E-state index is 11.8. The minimum Gasteiger partial charge on any atom is -0.369 e. The first-order valence-corrected chi connectivity index (χ1v) is 10.1. The topological polar surface area (TPSA) is 62.3 Å². The third-order valence-electron chi connectivity index (χ3n) is 4.32. The molecule has 0 fully saturated rings. The van der Waals surface area contributed by atoms with Crippen molar-refractivity contribution < 1.29 is 8.42 Å². The first-order valence-electron chi connectivity index (χ1n) is 8.22. The van der Waals surface area contributed by atoms with Crippen LogP contribution in [0.2, 0.25) is 0 Å². The number of hydrogen-bond donors (Lipinski definition) is 1. The first kappa shape index (κ1) is 16.9. The van der Waals surface area contributed by atoms with E-state index in [0.29, 0.717) is 12.4 Å². The van der Waals surface area contributed by atoms with Crippen molar-refractivity contribution in [2.24, 2.45) is 0 Å². The first-order chi connectivity index (χ1) is 11.5. The van der Waals surface area contributed by atoms with E-state index >= 15 is 0 Å². The van der Waals surface area contributed by atoms with Crippen molar-refractivity contribution in [1.29, 1.82) is 0 Å². The van der Waals surface area contributed by atoms with Gasteiger partial charge >= 0.3 is 0 Å². The third-order valence-corrected chi connectivity index (χ3v) is 5.45. The molecule has 1 aliphatic rings. The van der Waals surface area contributed by atoms with Crippen molar-refractivity contribution in [3.05, 3.63) is 53.7 Å². The standard InChI is InChI=1S/C18H23N3O2S/c1-24(22,23)17-8-4-10-19-18(17)20-11-5-12-21-13-9-15-6-2-3-7-16(15)14-21/h2-4,6-8,10H,5,9,11-14H2,1H3,(H,19,20). The van der Waals surface area contributed by atoms with Crippen molar-refractivity contribution in [3.63, 3.8) is 0 Å². The van der Waals surface area contributed by atoms with Gasteiger partial charge in [-0.15, -0.1) is 0 Å². The van der Waals surface area contributed by atoms with Crippen LogP contribution in [-0.2, 0) is 22.8 Å². The molecule has 0 saturated carbocycles. The number of pyridine rings is 1. The van der Waals surface area contributed by atoms with Crippen molar-refractivity contribution in [1.82, 2.24) is 9.88 Å². The van der Waals surface area contributed by atoms with Crippen molar-refractivity contribution >= 4 is 15.7 Å². The zero-order valence-electron chi connectivity index (χ0n) is 13.9. The van der Waals surface area contributed by atoms with E-state index in [1.165, 1.54) is 17.4 Å². The van der Waals surface area contributed by atoms with Gasteiger partial charge in [-0.2, -0.15) is 0 Å². The molecule has 2 heterocycles. The highest BCUT2D eigenvalue weighted by molar-refractivity contribution is 7.90. The molecule has 3 rings (SSSR count). The maximum Gasteiger partial charge on any atom is 0.179 e. The lowest BCUT2D eigenvalue weighted by Crippen LogP contribution is -2.32. The lowest BCUT2D eigenvalue weighted by Gasteiger charge is -2.28. The molecule has 0 bridgehead atoms. The number of benzene rings is 1. The minimum absolute atomic E-state index is 0.261. The second-order valence-electron chi connectivity index (χ2n) is 6.20. The lowest BCUT2D eigenvalue weighted by molar-refractivity contribution is 0.253. The van der Waals surface area contributed by atoms with Gasteiger partial charge in [0.15, 0.2) is 9.84 Å². The highest BCUT2D eigenvalue weighted by atomic mass is 32.2. The van der Waals surface area contributed by atoms with Crippen LogP contribution in [0.4, 0.5) is 5.82 Å². The average Bonchev–Trinajstić information content (AvgIpc) is 2.58. The van der Waals surface area contributed by atoms with Crippen LogP contribution in [0, 0.1) is 0 Å². The number of sulfone groups is 1. The molecule has 0 saturated heterocycles. The second kappa shape index (κ2) is 7.32. The van der Waals surface area contributed by atoms with Crippen LogP contribution >= 0.6 is 0 Å². The summed E-state index contributed by atoms with van der Waals surface area (Å²) in [5.41, 5.74) is 2.87. The molecule has 0 spiro atoms. The van der Waals surface area contributed by atoms with Crippen molar-refractivity contribution in [3.8, 4) is 0 Å². The maximum absolute atomic E-state index is 11.8. The number of rotatable bonds is 6. The van der Waals surface area contributed by atoms with Gasteiger partial charge in [-0.25, -0.2) is 13.4 Å². The summed E-state index contributed by atoms with van der Waals surface area (Å²) in [6.07, 6.45) is 4.86. The van der Waals surface area contributed by atoms with Crippen LogP contribution < -0.4 is 5.32 Å². The van der Waals surface area contributed by atoms with Gasteiger partial charge in [0.2, 0.25) is 0 Å². The predicted molar refractivity (Wildman–Crippen MR) is 95.9 cm³/mol. The Morgan fingerprint density at radius 1 is 1.17 bits per heavy atom. The number of aromatic nitrogens is 1. The molecule has 5 nitrogen and oxygen atoms in total. The number of fused-ring (bicyclic) bond motifs is 1. The predicted octanol–water partition coefficient (Wildman–Crippen LogP) is 2.35. The Morgan fingerprint density at radius 3 is 2.75 bits per heavy atom. The van der Waals surface area contributed by atoms with Crippen LogP contribution in [0.15, 0.2) is 47.5 Å². The number of hydrogen-bond acceptors (Lipinski definition) is 5. The van der Waals surface area contributed by atoms with Gasteiger partial charge < -0.3 is 5.32 Å². The van der Waals surface area contributed by atoms with Crippen LogP contribution in [-0.4, -0.2) is 44.2 Å². The normalized spacial score (nSPS) is 15.0. The van der Waals surface area contributed by atoms with Crippen LogP contribution in [0.5, 0.6) is 0 Å². The molecule has 2 aromatic rings. The van der Waals surface area contributed by atoms with Gasteiger partial charge in [-0.3, -0.25) is 4.90 Å². The molecular formula is C18H23N3O2S. The second-order valence-corrected chi connectivity index (χ2v) is 8.18. The zero-order chi connectivity index (χ0) is 17.0. The molecule has 0 unspecified atom stereocenters. The van der Waals surface area contributed by atoms with E-state index in [4.69, 9.17) is 0 Å². The van der Waals surface area contributed by atoms with Gasteiger partial charge in [0.25, 0.3) is 0 Å². The Labute approximate surface area is 143 Å². The van der Waals surface area contributed by atoms with E-state index < -0.39 is 9.84 Å². The molecule has 0 amide bonds. The Bertz CT molecular complexity index is 805. The summed E-state index contributed by atoms with van der Waals surface area (Å²) < 4.78 is 23.5. The Balaban J connectivity index is 1.50. The zero-order valence-corrected chi connectivity index (χ0v) is 14.7. The average molecular weight is 345 g/mol. The van der Waals surface area contributed by atoms with Gasteiger partial charge in [0.1, 0.15) is 10.7 Å². The van der Waals surface area contributed by atoms with Crippen molar-refractivity contribution in [2.45, 2.75) is 24.3 Å². The van der Waals surface area contributed by atoms with Crippen LogP contribution in [0.1, 0.15) is 17.5 Å². The molecule has 0 atom stereocenters. The number of anilines is 1. The van der Waals surface area contributed by atoms with E-state index in [1.807, 2.05) is 0 Å². The fourth-order valence-electron chi connectivity index (χ4n) is 3.08. The quantitative estimate of drug-likeness (QED) is 0.814.